The number of hydrogen-bond donors (Lipinski definition) is 0. The van der Waals surface area contributed by atoms with Crippen LogP contribution >= 0.6 is 0 Å². The van der Waals surface area contributed by atoms with Crippen LogP contribution in [0.15, 0.2) is 35.4 Å². The lowest BCUT2D eigenvalue weighted by molar-refractivity contribution is -0.338. The molecule has 0 amide bonds. The van der Waals surface area contributed by atoms with Crippen LogP contribution in [-0.4, -0.2) is 91.3 Å². The summed E-state index contributed by atoms with van der Waals surface area (Å²) in [6.07, 6.45) is -10.0. The first-order valence-corrected chi connectivity index (χ1v) is 13.6. The highest BCUT2D eigenvalue weighted by Gasteiger charge is 2.54. The highest BCUT2D eigenvalue weighted by atomic mass is 16.8. The van der Waals surface area contributed by atoms with Crippen LogP contribution in [0, 0.1) is 0 Å². The predicted octanol–water partition coefficient (Wildman–Crippen LogP) is 2.99. The van der Waals surface area contributed by atoms with Crippen molar-refractivity contribution in [1.29, 1.82) is 0 Å². The molecule has 1 aromatic rings. The molecule has 0 saturated carbocycles. The van der Waals surface area contributed by atoms with Gasteiger partial charge in [0, 0.05) is 25.7 Å². The van der Waals surface area contributed by atoms with E-state index >= 15 is 0 Å². The van der Waals surface area contributed by atoms with Crippen molar-refractivity contribution in [3.8, 4) is 0 Å². The highest BCUT2D eigenvalue weighted by Crippen LogP contribution is 2.35. The van der Waals surface area contributed by atoms with E-state index in [-0.39, 0.29) is 12.2 Å². The zero-order valence-corrected chi connectivity index (χ0v) is 25.0. The van der Waals surface area contributed by atoms with Crippen LogP contribution in [0.4, 0.5) is 0 Å². The molecule has 2 aliphatic rings. The molecule has 0 aromatic heterocycles. The van der Waals surface area contributed by atoms with Crippen LogP contribution in [0.25, 0.3) is 10.4 Å². The molecular formula is C28H37N3O12. The van der Waals surface area contributed by atoms with Crippen LogP contribution in [-0.2, 0) is 52.3 Å². The van der Waals surface area contributed by atoms with Gasteiger partial charge in [0.05, 0.1) is 29.9 Å². The van der Waals surface area contributed by atoms with Gasteiger partial charge >= 0.3 is 23.9 Å². The molecule has 1 aromatic carbocycles. The molecule has 236 valence electrons. The van der Waals surface area contributed by atoms with E-state index in [9.17, 15) is 24.7 Å². The number of azide groups is 1. The molecule has 0 spiro atoms. The second kappa shape index (κ2) is 14.6. The van der Waals surface area contributed by atoms with Crippen LogP contribution in [0.2, 0.25) is 0 Å². The van der Waals surface area contributed by atoms with E-state index in [0.29, 0.717) is 0 Å². The fourth-order valence-electron chi connectivity index (χ4n) is 4.68. The number of ether oxygens (including phenoxy) is 8. The fraction of sp³-hybridized carbons (Fsp3) is 0.643. The first kappa shape index (κ1) is 33.7. The number of carbonyl (C=O) groups is 4. The molecule has 3 rings (SSSR count). The number of benzene rings is 1. The molecule has 2 saturated heterocycles. The summed E-state index contributed by atoms with van der Waals surface area (Å²) >= 11 is 0. The summed E-state index contributed by atoms with van der Waals surface area (Å²) in [5.74, 6) is -2.97. The number of rotatable bonds is 9. The van der Waals surface area contributed by atoms with E-state index in [1.165, 1.54) is 0 Å². The average Bonchev–Trinajstić information content (AvgIpc) is 2.90. The van der Waals surface area contributed by atoms with Crippen molar-refractivity contribution < 1.29 is 57.1 Å². The lowest BCUT2D eigenvalue weighted by Crippen LogP contribution is -2.64. The van der Waals surface area contributed by atoms with Crippen LogP contribution in [0.5, 0.6) is 0 Å². The summed E-state index contributed by atoms with van der Waals surface area (Å²) in [5, 5.41) is 3.85. The maximum Gasteiger partial charge on any atom is 0.338 e. The van der Waals surface area contributed by atoms with Gasteiger partial charge in [-0.15, -0.1) is 0 Å². The van der Waals surface area contributed by atoms with Crippen molar-refractivity contribution >= 4 is 23.9 Å². The van der Waals surface area contributed by atoms with Crippen molar-refractivity contribution in [1.82, 2.24) is 0 Å². The van der Waals surface area contributed by atoms with E-state index in [4.69, 9.17) is 37.9 Å². The van der Waals surface area contributed by atoms with Crippen molar-refractivity contribution in [3.63, 3.8) is 0 Å². The summed E-state index contributed by atoms with van der Waals surface area (Å²) in [4.78, 5) is 52.1. The van der Waals surface area contributed by atoms with Gasteiger partial charge in [0.2, 0.25) is 0 Å². The summed E-state index contributed by atoms with van der Waals surface area (Å²) in [7, 11) is 0. The number of hydrogen-bond acceptors (Lipinski definition) is 13. The quantitative estimate of drug-likeness (QED) is 0.131. The monoisotopic (exact) mass is 607 g/mol. The van der Waals surface area contributed by atoms with E-state index < -0.39 is 84.7 Å². The largest absolute Gasteiger partial charge is 0.456 e. The molecule has 0 radical (unpaired) electrons. The van der Waals surface area contributed by atoms with Crippen LogP contribution < -0.4 is 0 Å². The maximum atomic E-state index is 13.2. The van der Waals surface area contributed by atoms with Crippen molar-refractivity contribution in [2.24, 2.45) is 5.11 Å². The Bertz CT molecular complexity index is 1200. The second-order valence-corrected chi connectivity index (χ2v) is 11.0. The zero-order valence-electron chi connectivity index (χ0n) is 25.0. The van der Waals surface area contributed by atoms with Gasteiger partial charge in [-0.25, -0.2) is 4.79 Å². The normalized spacial score (nSPS) is 30.7. The predicted molar refractivity (Wildman–Crippen MR) is 145 cm³/mol. The lowest BCUT2D eigenvalue weighted by Gasteiger charge is -2.47. The number of esters is 4. The van der Waals surface area contributed by atoms with Gasteiger partial charge in [-0.1, -0.05) is 23.3 Å². The lowest BCUT2D eigenvalue weighted by atomic mass is 9.96. The molecule has 15 heteroatoms. The third-order valence-corrected chi connectivity index (χ3v) is 6.26. The Morgan fingerprint density at radius 3 is 2.00 bits per heavy atom. The summed E-state index contributed by atoms with van der Waals surface area (Å²) < 4.78 is 46.3. The van der Waals surface area contributed by atoms with Gasteiger partial charge in [-0.2, -0.15) is 0 Å². The molecule has 0 aliphatic carbocycles. The minimum absolute atomic E-state index is 0.223. The molecule has 43 heavy (non-hydrogen) atoms. The van der Waals surface area contributed by atoms with Gasteiger partial charge in [-0.05, 0) is 45.4 Å². The van der Waals surface area contributed by atoms with Crippen LogP contribution in [0.1, 0.15) is 58.8 Å². The third-order valence-electron chi connectivity index (χ3n) is 6.26. The number of nitrogens with zero attached hydrogens (tertiary/aromatic N) is 3. The molecule has 0 unspecified atom stereocenters. The van der Waals surface area contributed by atoms with E-state index in [1.807, 2.05) is 0 Å². The Kier molecular flexibility index (Phi) is 11.5. The summed E-state index contributed by atoms with van der Waals surface area (Å²) in [6.45, 7) is 10.0. The Morgan fingerprint density at radius 2 is 1.44 bits per heavy atom. The first-order chi connectivity index (χ1) is 20.2. The van der Waals surface area contributed by atoms with E-state index in [1.54, 1.807) is 58.0 Å². The molecule has 0 N–H and O–H groups in total. The van der Waals surface area contributed by atoms with Crippen molar-refractivity contribution in [2.45, 2.75) is 109 Å². The van der Waals surface area contributed by atoms with Gasteiger partial charge < -0.3 is 37.9 Å². The van der Waals surface area contributed by atoms with E-state index in [2.05, 4.69) is 10.0 Å². The van der Waals surface area contributed by atoms with Gasteiger partial charge in [0.25, 0.3) is 0 Å². The minimum Gasteiger partial charge on any atom is -0.456 e. The molecule has 0 bridgehead atoms. The maximum absolute atomic E-state index is 13.2. The summed E-state index contributed by atoms with van der Waals surface area (Å²) in [6, 6.07) is 7.05. The molecule has 2 aliphatic heterocycles. The molecular weight excluding hydrogens is 570 g/mol. The van der Waals surface area contributed by atoms with Crippen molar-refractivity contribution in [2.75, 3.05) is 6.61 Å². The number of carbonyl (C=O) groups excluding carboxylic acids is 4. The molecule has 15 nitrogen and oxygen atoms in total. The minimum atomic E-state index is -1.47. The Morgan fingerprint density at radius 1 is 0.860 bits per heavy atom. The van der Waals surface area contributed by atoms with Gasteiger partial charge in [-0.3, -0.25) is 14.4 Å². The third kappa shape index (κ3) is 9.37. The summed E-state index contributed by atoms with van der Waals surface area (Å²) in [5.41, 5.74) is 8.83. The SMILES string of the molecule is CC(=O)O[C@@H]1[C@@H](OC(C)=O)[C@H](O[C@H]2[C@@H](N=[N+]=[N-])[C@@H](C)O[C@@H](OC(C)(C)C)[C@@H]2OC(=O)c2ccccc2)OC[C@H]1OC(C)=O. The Hall–Kier alpha value is -3.75. The topological polar surface area (TPSA) is 191 Å². The molecule has 9 atom stereocenters. The smallest absolute Gasteiger partial charge is 0.338 e. The van der Waals surface area contributed by atoms with Crippen LogP contribution in [0.3, 0.4) is 0 Å². The van der Waals surface area contributed by atoms with Gasteiger partial charge in [0.1, 0.15) is 6.10 Å². The highest BCUT2D eigenvalue weighted by molar-refractivity contribution is 5.89. The second-order valence-electron chi connectivity index (χ2n) is 11.0. The Labute approximate surface area is 248 Å². The standard InChI is InChI=1S/C28H37N3O12/c1-14-20(30-31-29)22(24(27(37-14)43-28(5,6)7)41-25(35)18-11-9-8-10-12-18)42-26-23(40-17(4)34)21(39-16(3)33)19(13-36-26)38-15(2)32/h8-12,14,19-24,26-27H,13H2,1-7H3/t14-,19-,20+,21+,22+,23-,24-,26+,27+/m1/s1. The zero-order chi connectivity index (χ0) is 31.9. The van der Waals surface area contributed by atoms with Crippen molar-refractivity contribution in [3.05, 3.63) is 46.3 Å². The first-order valence-electron chi connectivity index (χ1n) is 13.6. The fourth-order valence-corrected chi connectivity index (χ4v) is 4.68. The molecule has 2 fully saturated rings. The van der Waals surface area contributed by atoms with Gasteiger partial charge in [0.15, 0.2) is 37.0 Å². The Balaban J connectivity index is 2.06. The molecule has 2 heterocycles. The average molecular weight is 608 g/mol. The van der Waals surface area contributed by atoms with E-state index in [0.717, 1.165) is 20.8 Å².